The highest BCUT2D eigenvalue weighted by Crippen LogP contribution is 2.21. The number of rotatable bonds is 4. The van der Waals surface area contributed by atoms with E-state index in [1.165, 1.54) is 12.1 Å². The van der Waals surface area contributed by atoms with E-state index >= 15 is 0 Å². The molecule has 3 rings (SSSR count). The second-order valence-corrected chi connectivity index (χ2v) is 6.76. The molecule has 1 aromatic heterocycles. The summed E-state index contributed by atoms with van der Waals surface area (Å²) >= 11 is 9.42. The van der Waals surface area contributed by atoms with Crippen molar-refractivity contribution in [2.45, 2.75) is 13.5 Å². The molecule has 1 amide bonds. The predicted molar refractivity (Wildman–Crippen MR) is 99.6 cm³/mol. The Labute approximate surface area is 157 Å². The molecule has 0 aliphatic heterocycles. The molecule has 2 aromatic carbocycles. The summed E-state index contributed by atoms with van der Waals surface area (Å²) in [7, 11) is 0. The molecule has 0 bridgehead atoms. The molecule has 0 radical (unpaired) electrons. The largest absolute Gasteiger partial charge is 0.305 e. The van der Waals surface area contributed by atoms with Gasteiger partial charge in [0.1, 0.15) is 5.82 Å². The Kier molecular flexibility index (Phi) is 5.20. The number of amides is 1. The zero-order valence-electron chi connectivity index (χ0n) is 13.3. The second kappa shape index (κ2) is 7.37. The summed E-state index contributed by atoms with van der Waals surface area (Å²) in [5, 5.41) is 7.50. The zero-order chi connectivity index (χ0) is 18.0. The molecule has 0 atom stereocenters. The maximum Gasteiger partial charge on any atom is 0.258 e. The molecule has 0 aliphatic carbocycles. The highest BCUT2D eigenvalue weighted by atomic mass is 79.9. The first-order chi connectivity index (χ1) is 11.9. The van der Waals surface area contributed by atoms with Crippen molar-refractivity contribution >= 4 is 39.3 Å². The number of aryl methyl sites for hydroxylation is 1. The second-order valence-electron chi connectivity index (χ2n) is 5.50. The maximum atomic E-state index is 13.1. The monoisotopic (exact) mass is 421 g/mol. The van der Waals surface area contributed by atoms with Gasteiger partial charge in [-0.3, -0.25) is 9.48 Å². The van der Waals surface area contributed by atoms with E-state index in [4.69, 9.17) is 11.6 Å². The summed E-state index contributed by atoms with van der Waals surface area (Å²) in [5.41, 5.74) is 2.12. The van der Waals surface area contributed by atoms with Crippen LogP contribution < -0.4 is 5.32 Å². The Morgan fingerprint density at radius 1 is 1.28 bits per heavy atom. The van der Waals surface area contributed by atoms with Crippen molar-refractivity contribution in [2.24, 2.45) is 0 Å². The van der Waals surface area contributed by atoms with Crippen LogP contribution in [0.2, 0.25) is 5.02 Å². The Hall–Kier alpha value is -2.18. The third kappa shape index (κ3) is 4.08. The maximum absolute atomic E-state index is 13.1. The molecule has 0 saturated carbocycles. The Bertz CT molecular complexity index is 942. The summed E-state index contributed by atoms with van der Waals surface area (Å²) in [4.78, 5) is 12.4. The lowest BCUT2D eigenvalue weighted by molar-refractivity contribution is 0.102. The van der Waals surface area contributed by atoms with Gasteiger partial charge < -0.3 is 5.32 Å². The molecule has 25 heavy (non-hydrogen) atoms. The first-order valence-electron chi connectivity index (χ1n) is 7.48. The van der Waals surface area contributed by atoms with Gasteiger partial charge in [-0.15, -0.1) is 0 Å². The van der Waals surface area contributed by atoms with Gasteiger partial charge in [0.15, 0.2) is 5.82 Å². The van der Waals surface area contributed by atoms with Crippen LogP contribution in [0.4, 0.5) is 10.2 Å². The number of aromatic nitrogens is 2. The third-order valence-corrected chi connectivity index (χ3v) is 4.72. The smallest absolute Gasteiger partial charge is 0.258 e. The van der Waals surface area contributed by atoms with Crippen LogP contribution in [0, 0.1) is 12.7 Å². The third-order valence-electron chi connectivity index (χ3n) is 3.68. The van der Waals surface area contributed by atoms with Gasteiger partial charge in [0.05, 0.1) is 12.1 Å². The molecule has 0 fully saturated rings. The summed E-state index contributed by atoms with van der Waals surface area (Å²) < 4.78 is 15.6. The Balaban J connectivity index is 1.78. The lowest BCUT2D eigenvalue weighted by Gasteiger charge is -2.07. The van der Waals surface area contributed by atoms with Crippen molar-refractivity contribution in [3.05, 3.63) is 80.7 Å². The van der Waals surface area contributed by atoms with Gasteiger partial charge in [-0.05, 0) is 52.7 Å². The van der Waals surface area contributed by atoms with Crippen molar-refractivity contribution < 1.29 is 9.18 Å². The Morgan fingerprint density at radius 3 is 2.76 bits per heavy atom. The van der Waals surface area contributed by atoms with Crippen LogP contribution in [0.1, 0.15) is 21.6 Å². The molecule has 0 aliphatic rings. The van der Waals surface area contributed by atoms with Crippen LogP contribution in [-0.4, -0.2) is 15.7 Å². The first kappa shape index (κ1) is 17.6. The molecule has 7 heteroatoms. The average molecular weight is 423 g/mol. The first-order valence-corrected chi connectivity index (χ1v) is 8.65. The van der Waals surface area contributed by atoms with E-state index in [1.54, 1.807) is 35.0 Å². The molecule has 128 valence electrons. The zero-order valence-corrected chi connectivity index (χ0v) is 15.6. The number of anilines is 1. The number of carbonyl (C=O) groups is 1. The summed E-state index contributed by atoms with van der Waals surface area (Å²) in [6.45, 7) is 2.26. The van der Waals surface area contributed by atoms with Crippen LogP contribution in [0.15, 0.2) is 53.0 Å². The fourth-order valence-corrected chi connectivity index (χ4v) is 3.06. The molecule has 0 unspecified atom stereocenters. The van der Waals surface area contributed by atoms with Gasteiger partial charge in [-0.2, -0.15) is 5.10 Å². The van der Waals surface area contributed by atoms with Gasteiger partial charge in [0.2, 0.25) is 0 Å². The number of nitrogens with one attached hydrogen (secondary N) is 1. The summed E-state index contributed by atoms with van der Waals surface area (Å²) in [6, 6.07) is 13.2. The van der Waals surface area contributed by atoms with Crippen LogP contribution in [-0.2, 0) is 6.54 Å². The van der Waals surface area contributed by atoms with Crippen LogP contribution in [0.25, 0.3) is 0 Å². The lowest BCUT2D eigenvalue weighted by atomic mass is 10.2. The van der Waals surface area contributed by atoms with Crippen molar-refractivity contribution in [3.8, 4) is 0 Å². The average Bonchev–Trinajstić information content (AvgIpc) is 2.90. The lowest BCUT2D eigenvalue weighted by Crippen LogP contribution is -2.13. The molecule has 1 heterocycles. The van der Waals surface area contributed by atoms with Gasteiger partial charge in [0.25, 0.3) is 5.91 Å². The van der Waals surface area contributed by atoms with E-state index < -0.39 is 0 Å². The number of nitrogens with zero attached hydrogens (tertiary/aromatic N) is 2. The van der Waals surface area contributed by atoms with Crippen molar-refractivity contribution in [1.82, 2.24) is 9.78 Å². The highest BCUT2D eigenvalue weighted by Gasteiger charge is 2.13. The molecular formula is C18H14BrClFN3O. The van der Waals surface area contributed by atoms with E-state index in [1.807, 2.05) is 13.0 Å². The quantitative estimate of drug-likeness (QED) is 0.640. The minimum absolute atomic E-state index is 0.253. The molecule has 3 aromatic rings. The van der Waals surface area contributed by atoms with Gasteiger partial charge >= 0.3 is 0 Å². The van der Waals surface area contributed by atoms with Crippen molar-refractivity contribution in [1.29, 1.82) is 0 Å². The molecule has 0 saturated heterocycles. The van der Waals surface area contributed by atoms with Gasteiger partial charge in [-0.1, -0.05) is 29.8 Å². The van der Waals surface area contributed by atoms with E-state index in [0.29, 0.717) is 27.4 Å². The van der Waals surface area contributed by atoms with Gasteiger partial charge in [-0.25, -0.2) is 4.39 Å². The fraction of sp³-hybridized carbons (Fsp3) is 0.111. The number of halogens is 3. The number of hydrogen-bond acceptors (Lipinski definition) is 2. The summed E-state index contributed by atoms with van der Waals surface area (Å²) in [6.07, 6.45) is 0. The SMILES string of the molecule is Cc1cc(NC(=O)c2ccccc2Br)nn1Cc1ccc(F)cc1Cl. The minimum atomic E-state index is -0.382. The van der Waals surface area contributed by atoms with Crippen molar-refractivity contribution in [3.63, 3.8) is 0 Å². The molecular weight excluding hydrogens is 409 g/mol. The topological polar surface area (TPSA) is 46.9 Å². The highest BCUT2D eigenvalue weighted by molar-refractivity contribution is 9.10. The van der Waals surface area contributed by atoms with Crippen LogP contribution in [0.5, 0.6) is 0 Å². The number of carbonyl (C=O) groups excluding carboxylic acids is 1. The van der Waals surface area contributed by atoms with Crippen LogP contribution in [0.3, 0.4) is 0 Å². The van der Waals surface area contributed by atoms with Crippen LogP contribution >= 0.6 is 27.5 Å². The number of hydrogen-bond donors (Lipinski definition) is 1. The van der Waals surface area contributed by atoms with Gasteiger partial charge in [0, 0.05) is 21.3 Å². The normalized spacial score (nSPS) is 10.7. The fourth-order valence-electron chi connectivity index (χ4n) is 2.37. The van der Waals surface area contributed by atoms with E-state index in [2.05, 4.69) is 26.3 Å². The molecule has 0 spiro atoms. The van der Waals surface area contributed by atoms with E-state index in [-0.39, 0.29) is 11.7 Å². The molecule has 1 N–H and O–H groups in total. The standard InChI is InChI=1S/C18H14BrClFN3O/c1-11-8-17(22-18(25)14-4-2-3-5-15(14)19)23-24(11)10-12-6-7-13(21)9-16(12)20/h2-9H,10H2,1H3,(H,22,23,25). The minimum Gasteiger partial charge on any atom is -0.305 e. The predicted octanol–water partition coefficient (Wildman–Crippen LogP) is 5.05. The van der Waals surface area contributed by atoms with E-state index in [9.17, 15) is 9.18 Å². The van der Waals surface area contributed by atoms with E-state index in [0.717, 1.165) is 11.3 Å². The van der Waals surface area contributed by atoms with Crippen molar-refractivity contribution in [2.75, 3.05) is 5.32 Å². The Morgan fingerprint density at radius 2 is 2.04 bits per heavy atom. The molecule has 4 nitrogen and oxygen atoms in total. The summed E-state index contributed by atoms with van der Waals surface area (Å²) in [5.74, 6) is -0.194. The number of benzene rings is 2.